The number of nitrogens with zero attached hydrogens (tertiary/aromatic N) is 2. The summed E-state index contributed by atoms with van der Waals surface area (Å²) in [6, 6.07) is 0. The standard InChI is InChI=1S/C20H22F6N2O6S/c21-19(22,23)17(20(24,25)26)34-18(29)27-8-6-13(7-9-27)10-28(35(30)31)16-12-32-11-15(33-16)14-4-2-1-3-5-14/h1-2,4,11-13,17H,3,5-10H2,(H,30,31). The SMILES string of the molecule is O=C(OC(C(F)(F)F)C(F)(F)F)N1CCC(CN(C2=COC=C(C3=CC=CCC3)O2)S(=O)O)CC1. The minimum atomic E-state index is -5.80. The summed E-state index contributed by atoms with van der Waals surface area (Å²) in [5.41, 5.74) is 0.824. The summed E-state index contributed by atoms with van der Waals surface area (Å²) in [4.78, 5) is 12.7. The zero-order chi connectivity index (χ0) is 25.8. The lowest BCUT2D eigenvalue weighted by molar-refractivity contribution is -0.308. The number of allylic oxidation sites excluding steroid dienone is 4. The van der Waals surface area contributed by atoms with E-state index < -0.39 is 35.8 Å². The van der Waals surface area contributed by atoms with E-state index in [1.807, 2.05) is 18.2 Å². The number of hydrogen-bond donors (Lipinski definition) is 1. The van der Waals surface area contributed by atoms with Gasteiger partial charge in [-0.15, -0.1) is 0 Å². The van der Waals surface area contributed by atoms with Crippen LogP contribution < -0.4 is 0 Å². The molecule has 3 aliphatic rings. The van der Waals surface area contributed by atoms with E-state index in [1.54, 1.807) is 0 Å². The monoisotopic (exact) mass is 532 g/mol. The molecule has 0 bridgehead atoms. The molecule has 1 aliphatic carbocycles. The average molecular weight is 532 g/mol. The highest BCUT2D eigenvalue weighted by molar-refractivity contribution is 7.76. The van der Waals surface area contributed by atoms with Crippen molar-refractivity contribution >= 4 is 17.4 Å². The van der Waals surface area contributed by atoms with Crippen LogP contribution in [-0.2, 0) is 25.5 Å². The van der Waals surface area contributed by atoms with Crippen LogP contribution in [0.25, 0.3) is 0 Å². The molecule has 0 spiro atoms. The molecule has 8 nitrogen and oxygen atoms in total. The molecule has 196 valence electrons. The zero-order valence-corrected chi connectivity index (χ0v) is 18.9. The molecule has 1 fully saturated rings. The number of rotatable bonds is 6. The number of ether oxygens (including phenoxy) is 3. The van der Waals surface area contributed by atoms with Crippen LogP contribution >= 0.6 is 0 Å². The van der Waals surface area contributed by atoms with Gasteiger partial charge in [0.1, 0.15) is 6.26 Å². The van der Waals surface area contributed by atoms with Gasteiger partial charge in [-0.2, -0.15) is 26.3 Å². The molecule has 1 amide bonds. The summed E-state index contributed by atoms with van der Waals surface area (Å²) in [7, 11) is 0. The molecule has 3 rings (SSSR count). The quantitative estimate of drug-likeness (QED) is 0.393. The third-order valence-corrected chi connectivity index (χ3v) is 6.14. The molecule has 0 radical (unpaired) electrons. The minimum absolute atomic E-state index is 0.0405. The third kappa shape index (κ3) is 7.16. The van der Waals surface area contributed by atoms with Gasteiger partial charge in [0.05, 0.1) is 0 Å². The topological polar surface area (TPSA) is 88.5 Å². The van der Waals surface area contributed by atoms with Crippen molar-refractivity contribution in [3.05, 3.63) is 48.0 Å². The minimum Gasteiger partial charge on any atom is -0.463 e. The van der Waals surface area contributed by atoms with E-state index in [0.29, 0.717) is 12.2 Å². The molecule has 2 heterocycles. The molecule has 1 N–H and O–H groups in total. The van der Waals surface area contributed by atoms with Crippen molar-refractivity contribution in [1.82, 2.24) is 9.21 Å². The lowest BCUT2D eigenvalue weighted by atomic mass is 9.97. The molecule has 0 aromatic rings. The number of alkyl halides is 6. The number of hydrogen-bond acceptors (Lipinski definition) is 5. The Balaban J connectivity index is 1.56. The molecule has 1 saturated heterocycles. The van der Waals surface area contributed by atoms with Gasteiger partial charge in [-0.05, 0) is 37.2 Å². The summed E-state index contributed by atoms with van der Waals surface area (Å²) >= 11 is -2.52. The van der Waals surface area contributed by atoms with Gasteiger partial charge < -0.3 is 19.1 Å². The van der Waals surface area contributed by atoms with Crippen LogP contribution in [0.4, 0.5) is 31.1 Å². The second kappa shape index (κ2) is 10.9. The van der Waals surface area contributed by atoms with Crippen molar-refractivity contribution in [2.45, 2.75) is 44.1 Å². The number of carbonyl (C=O) groups excluding carboxylic acids is 1. The molecule has 0 aromatic carbocycles. The fourth-order valence-electron chi connectivity index (χ4n) is 3.63. The molecule has 1 atom stereocenters. The molecule has 15 heteroatoms. The fourth-order valence-corrected chi connectivity index (χ4v) is 4.20. The van der Waals surface area contributed by atoms with Crippen molar-refractivity contribution in [1.29, 1.82) is 0 Å². The van der Waals surface area contributed by atoms with Crippen LogP contribution in [-0.4, -0.2) is 62.2 Å². The molecular weight excluding hydrogens is 510 g/mol. The number of piperidine rings is 1. The van der Waals surface area contributed by atoms with E-state index in [0.717, 1.165) is 27.5 Å². The summed E-state index contributed by atoms with van der Waals surface area (Å²) < 4.78 is 113. The van der Waals surface area contributed by atoms with Crippen molar-refractivity contribution in [2.75, 3.05) is 19.6 Å². The maximum Gasteiger partial charge on any atom is 0.434 e. The van der Waals surface area contributed by atoms with E-state index >= 15 is 0 Å². The van der Waals surface area contributed by atoms with Gasteiger partial charge in [0.25, 0.3) is 17.4 Å². The molecule has 2 aliphatic heterocycles. The van der Waals surface area contributed by atoms with Gasteiger partial charge in [-0.3, -0.25) is 4.55 Å². The maximum atomic E-state index is 12.6. The first-order valence-corrected chi connectivity index (χ1v) is 11.5. The van der Waals surface area contributed by atoms with Crippen LogP contribution in [0, 0.1) is 5.92 Å². The van der Waals surface area contributed by atoms with E-state index in [2.05, 4.69) is 4.74 Å². The Hall–Kier alpha value is -2.68. The summed E-state index contributed by atoms with van der Waals surface area (Å²) in [6.07, 6.45) is -7.70. The Morgan fingerprint density at radius 1 is 1.20 bits per heavy atom. The fraction of sp³-hybridized carbons (Fsp3) is 0.550. The van der Waals surface area contributed by atoms with Crippen LogP contribution in [0.5, 0.6) is 0 Å². The normalized spacial score (nSPS) is 20.3. The van der Waals surface area contributed by atoms with Crippen LogP contribution in [0.15, 0.2) is 48.0 Å². The molecule has 1 unspecified atom stereocenters. The summed E-state index contributed by atoms with van der Waals surface area (Å²) in [5, 5.41) is 0. The lowest BCUT2D eigenvalue weighted by Crippen LogP contribution is -2.49. The molecular formula is C20H22F6N2O6S. The number of likely N-dealkylation sites (tertiary alicyclic amines) is 1. The predicted octanol–water partition coefficient (Wildman–Crippen LogP) is 4.73. The zero-order valence-electron chi connectivity index (χ0n) is 18.1. The van der Waals surface area contributed by atoms with Gasteiger partial charge in [-0.25, -0.2) is 13.3 Å². The number of amides is 1. The van der Waals surface area contributed by atoms with E-state index in [-0.39, 0.29) is 44.3 Å². The Kier molecular flexibility index (Phi) is 8.41. The largest absolute Gasteiger partial charge is 0.463 e. The van der Waals surface area contributed by atoms with E-state index in [9.17, 15) is 39.9 Å². The van der Waals surface area contributed by atoms with Crippen molar-refractivity contribution in [3.63, 3.8) is 0 Å². The Morgan fingerprint density at radius 3 is 2.40 bits per heavy atom. The predicted molar refractivity (Wildman–Crippen MR) is 109 cm³/mol. The smallest absolute Gasteiger partial charge is 0.434 e. The third-order valence-electron chi connectivity index (χ3n) is 5.43. The Morgan fingerprint density at radius 2 is 1.86 bits per heavy atom. The summed E-state index contributed by atoms with van der Waals surface area (Å²) in [6.45, 7) is -0.432. The first-order valence-electron chi connectivity index (χ1n) is 10.4. The Bertz CT molecular complexity index is 923. The highest BCUT2D eigenvalue weighted by Gasteiger charge is 2.60. The van der Waals surface area contributed by atoms with Crippen LogP contribution in [0.1, 0.15) is 25.7 Å². The average Bonchev–Trinajstić information content (AvgIpc) is 2.80. The van der Waals surface area contributed by atoms with Crippen molar-refractivity contribution in [3.8, 4) is 0 Å². The first kappa shape index (κ1) is 26.9. The first-order chi connectivity index (χ1) is 16.4. The van der Waals surface area contributed by atoms with Crippen LogP contribution in [0.3, 0.4) is 0 Å². The number of carbonyl (C=O) groups is 1. The van der Waals surface area contributed by atoms with Gasteiger partial charge in [-0.1, -0.05) is 18.2 Å². The second-order valence-electron chi connectivity index (χ2n) is 7.90. The molecule has 0 saturated carbocycles. The lowest BCUT2D eigenvalue weighted by Gasteiger charge is -2.35. The van der Waals surface area contributed by atoms with Gasteiger partial charge >= 0.3 is 18.4 Å². The van der Waals surface area contributed by atoms with E-state index in [1.165, 1.54) is 6.26 Å². The molecule has 35 heavy (non-hydrogen) atoms. The summed E-state index contributed by atoms with van der Waals surface area (Å²) in [5.74, 6) is -0.00515. The molecule has 0 aromatic heterocycles. The van der Waals surface area contributed by atoms with Gasteiger partial charge in [0.2, 0.25) is 5.88 Å². The highest BCUT2D eigenvalue weighted by atomic mass is 32.2. The maximum absolute atomic E-state index is 12.6. The number of halogens is 6. The van der Waals surface area contributed by atoms with Crippen LogP contribution in [0.2, 0.25) is 0 Å². The second-order valence-corrected chi connectivity index (χ2v) is 8.81. The van der Waals surface area contributed by atoms with Gasteiger partial charge in [0, 0.05) is 19.6 Å². The highest BCUT2D eigenvalue weighted by Crippen LogP contribution is 2.36. The Labute approximate surface area is 198 Å². The van der Waals surface area contributed by atoms with Crippen molar-refractivity contribution in [2.24, 2.45) is 5.92 Å². The van der Waals surface area contributed by atoms with Crippen molar-refractivity contribution < 1.29 is 54.1 Å². The van der Waals surface area contributed by atoms with Gasteiger partial charge in [0.15, 0.2) is 12.0 Å². The van der Waals surface area contributed by atoms with E-state index in [4.69, 9.17) is 9.47 Å².